The van der Waals surface area contributed by atoms with Crippen LogP contribution in [0.2, 0.25) is 5.02 Å². The molecule has 0 aliphatic heterocycles. The third kappa shape index (κ3) is 4.18. The van der Waals surface area contributed by atoms with Gasteiger partial charge in [-0.1, -0.05) is 18.5 Å². The number of carbonyl (C=O) groups is 1. The van der Waals surface area contributed by atoms with Crippen molar-refractivity contribution >= 4 is 23.2 Å². The van der Waals surface area contributed by atoms with E-state index in [9.17, 15) is 13.6 Å². The lowest BCUT2D eigenvalue weighted by Gasteiger charge is -2.17. The van der Waals surface area contributed by atoms with Gasteiger partial charge < -0.3 is 10.1 Å². The molecule has 22 heavy (non-hydrogen) atoms. The summed E-state index contributed by atoms with van der Waals surface area (Å²) in [7, 11) is 0. The van der Waals surface area contributed by atoms with E-state index in [1.165, 1.54) is 6.07 Å². The summed E-state index contributed by atoms with van der Waals surface area (Å²) in [5.41, 5.74) is 0.169. The third-order valence-corrected chi connectivity index (χ3v) is 3.19. The van der Waals surface area contributed by atoms with E-state index in [-0.39, 0.29) is 5.69 Å². The summed E-state index contributed by atoms with van der Waals surface area (Å²) < 4.78 is 31.6. The maximum absolute atomic E-state index is 13.1. The van der Waals surface area contributed by atoms with Gasteiger partial charge in [-0.05, 0) is 42.8 Å². The molecule has 0 aliphatic carbocycles. The molecule has 0 heterocycles. The highest BCUT2D eigenvalue weighted by Gasteiger charge is 2.19. The van der Waals surface area contributed by atoms with Crippen LogP contribution in [0.5, 0.6) is 5.75 Å². The molecule has 0 bridgehead atoms. The first-order valence-electron chi connectivity index (χ1n) is 6.67. The second-order valence-electron chi connectivity index (χ2n) is 4.59. The largest absolute Gasteiger partial charge is 0.481 e. The Balaban J connectivity index is 2.04. The van der Waals surface area contributed by atoms with Gasteiger partial charge in [-0.15, -0.1) is 0 Å². The predicted molar refractivity (Wildman–Crippen MR) is 81.1 cm³/mol. The molecule has 1 unspecified atom stereocenters. The molecule has 1 amide bonds. The normalized spacial score (nSPS) is 11.8. The van der Waals surface area contributed by atoms with Gasteiger partial charge in [0, 0.05) is 16.8 Å². The molecule has 0 aliphatic rings. The number of halogens is 3. The van der Waals surface area contributed by atoms with E-state index in [1.54, 1.807) is 31.2 Å². The summed E-state index contributed by atoms with van der Waals surface area (Å²) >= 11 is 5.78. The predicted octanol–water partition coefficient (Wildman–Crippen LogP) is 4.41. The molecule has 6 heteroatoms. The maximum atomic E-state index is 13.1. The van der Waals surface area contributed by atoms with Crippen LogP contribution >= 0.6 is 11.6 Å². The van der Waals surface area contributed by atoms with Gasteiger partial charge in [0.05, 0.1) is 0 Å². The molecule has 1 N–H and O–H groups in total. The van der Waals surface area contributed by atoms with Crippen molar-refractivity contribution < 1.29 is 18.3 Å². The van der Waals surface area contributed by atoms with Crippen LogP contribution in [0.4, 0.5) is 14.5 Å². The fraction of sp³-hybridized carbons (Fsp3) is 0.188. The Kier molecular flexibility index (Phi) is 5.33. The molecular formula is C16H14ClF2NO2. The number of nitrogens with one attached hydrogen (secondary N) is 1. The lowest BCUT2D eigenvalue weighted by molar-refractivity contribution is -0.122. The van der Waals surface area contributed by atoms with Crippen LogP contribution in [0.15, 0.2) is 42.5 Å². The van der Waals surface area contributed by atoms with Crippen molar-refractivity contribution in [2.24, 2.45) is 0 Å². The number of rotatable bonds is 5. The number of hydrogen-bond acceptors (Lipinski definition) is 2. The highest BCUT2D eigenvalue weighted by Crippen LogP contribution is 2.19. The van der Waals surface area contributed by atoms with E-state index in [0.717, 1.165) is 12.1 Å². The van der Waals surface area contributed by atoms with E-state index < -0.39 is 23.6 Å². The molecule has 2 rings (SSSR count). The van der Waals surface area contributed by atoms with Crippen molar-refractivity contribution in [3.8, 4) is 5.75 Å². The zero-order valence-electron chi connectivity index (χ0n) is 11.8. The van der Waals surface area contributed by atoms with Crippen LogP contribution in [-0.4, -0.2) is 12.0 Å². The Hall–Kier alpha value is -2.14. The van der Waals surface area contributed by atoms with Gasteiger partial charge in [-0.2, -0.15) is 0 Å². The lowest BCUT2D eigenvalue weighted by atomic mass is 10.2. The molecule has 2 aromatic rings. The van der Waals surface area contributed by atoms with Gasteiger partial charge >= 0.3 is 0 Å². The zero-order chi connectivity index (χ0) is 16.1. The number of hydrogen-bond donors (Lipinski definition) is 1. The van der Waals surface area contributed by atoms with Crippen LogP contribution < -0.4 is 10.1 Å². The first-order chi connectivity index (χ1) is 10.5. The summed E-state index contributed by atoms with van der Waals surface area (Å²) in [4.78, 5) is 12.1. The van der Waals surface area contributed by atoms with Crippen LogP contribution in [0.25, 0.3) is 0 Å². The minimum Gasteiger partial charge on any atom is -0.481 e. The molecule has 0 radical (unpaired) electrons. The second-order valence-corrected chi connectivity index (χ2v) is 5.02. The van der Waals surface area contributed by atoms with Crippen LogP contribution in [-0.2, 0) is 4.79 Å². The molecule has 0 spiro atoms. The number of benzene rings is 2. The lowest BCUT2D eigenvalue weighted by Crippen LogP contribution is -2.32. The molecule has 2 aromatic carbocycles. The standard InChI is InChI=1S/C16H14ClF2NO2/c1-2-15(22-12-6-3-10(17)4-7-12)16(21)20-11-5-8-13(18)14(19)9-11/h3-9,15H,2H2,1H3,(H,20,21). The van der Waals surface area contributed by atoms with E-state index in [4.69, 9.17) is 16.3 Å². The van der Waals surface area contributed by atoms with Crippen molar-refractivity contribution in [1.29, 1.82) is 0 Å². The highest BCUT2D eigenvalue weighted by atomic mass is 35.5. The number of amides is 1. The Labute approximate surface area is 131 Å². The SMILES string of the molecule is CCC(Oc1ccc(Cl)cc1)C(=O)Nc1ccc(F)c(F)c1. The van der Waals surface area contributed by atoms with Crippen molar-refractivity contribution in [3.63, 3.8) is 0 Å². The molecule has 0 saturated heterocycles. The van der Waals surface area contributed by atoms with Gasteiger partial charge in [0.2, 0.25) is 0 Å². The monoisotopic (exact) mass is 325 g/mol. The van der Waals surface area contributed by atoms with Crippen molar-refractivity contribution in [2.75, 3.05) is 5.32 Å². The Morgan fingerprint density at radius 2 is 1.86 bits per heavy atom. The number of ether oxygens (including phenoxy) is 1. The van der Waals surface area contributed by atoms with E-state index in [1.807, 2.05) is 0 Å². The van der Waals surface area contributed by atoms with Gasteiger partial charge in [0.1, 0.15) is 5.75 Å². The van der Waals surface area contributed by atoms with Crippen LogP contribution in [0.1, 0.15) is 13.3 Å². The van der Waals surface area contributed by atoms with Gasteiger partial charge in [-0.3, -0.25) is 4.79 Å². The molecular weight excluding hydrogens is 312 g/mol. The number of carbonyl (C=O) groups excluding carboxylic acids is 1. The first kappa shape index (κ1) is 16.2. The first-order valence-corrected chi connectivity index (χ1v) is 7.05. The fourth-order valence-corrected chi connectivity index (χ4v) is 1.92. The summed E-state index contributed by atoms with van der Waals surface area (Å²) in [6, 6.07) is 9.75. The van der Waals surface area contributed by atoms with Crippen molar-refractivity contribution in [1.82, 2.24) is 0 Å². The average Bonchev–Trinajstić information content (AvgIpc) is 2.50. The summed E-state index contributed by atoms with van der Waals surface area (Å²) in [6.45, 7) is 1.78. The zero-order valence-corrected chi connectivity index (χ0v) is 12.5. The van der Waals surface area contributed by atoms with E-state index >= 15 is 0 Å². The Morgan fingerprint density at radius 1 is 1.18 bits per heavy atom. The quantitative estimate of drug-likeness (QED) is 0.884. The molecule has 116 valence electrons. The number of anilines is 1. The third-order valence-electron chi connectivity index (χ3n) is 2.94. The average molecular weight is 326 g/mol. The maximum Gasteiger partial charge on any atom is 0.265 e. The Morgan fingerprint density at radius 3 is 2.45 bits per heavy atom. The molecule has 1 atom stereocenters. The summed E-state index contributed by atoms with van der Waals surface area (Å²) in [6.07, 6.45) is -0.340. The van der Waals surface area contributed by atoms with Crippen LogP contribution in [0.3, 0.4) is 0 Å². The van der Waals surface area contributed by atoms with Crippen molar-refractivity contribution in [3.05, 3.63) is 59.1 Å². The van der Waals surface area contributed by atoms with Crippen molar-refractivity contribution in [2.45, 2.75) is 19.4 Å². The molecule has 0 fully saturated rings. The second kappa shape index (κ2) is 7.22. The smallest absolute Gasteiger partial charge is 0.265 e. The molecule has 0 aromatic heterocycles. The summed E-state index contributed by atoms with van der Waals surface area (Å²) in [5.74, 6) is -1.94. The topological polar surface area (TPSA) is 38.3 Å². The minimum atomic E-state index is -1.02. The summed E-state index contributed by atoms with van der Waals surface area (Å²) in [5, 5.41) is 3.06. The highest BCUT2D eigenvalue weighted by molar-refractivity contribution is 6.30. The minimum absolute atomic E-state index is 0.169. The fourth-order valence-electron chi connectivity index (χ4n) is 1.80. The molecule has 3 nitrogen and oxygen atoms in total. The van der Waals surface area contributed by atoms with E-state index in [0.29, 0.717) is 17.2 Å². The van der Waals surface area contributed by atoms with Gasteiger partial charge in [0.25, 0.3) is 5.91 Å². The Bertz CT molecular complexity index is 662. The van der Waals surface area contributed by atoms with Crippen LogP contribution in [0, 0.1) is 11.6 Å². The molecule has 0 saturated carbocycles. The van der Waals surface area contributed by atoms with E-state index in [2.05, 4.69) is 5.32 Å². The van der Waals surface area contributed by atoms with Gasteiger partial charge in [-0.25, -0.2) is 8.78 Å². The van der Waals surface area contributed by atoms with Gasteiger partial charge in [0.15, 0.2) is 17.7 Å².